The van der Waals surface area contributed by atoms with Gasteiger partial charge in [-0.25, -0.2) is 4.98 Å². The SMILES string of the molecule is CCCCCCCCCCCCCCCCCCOCCOP(=O)(O)COCCn1cnc2c(N)nc(N)nc21. The topological polar surface area (TPSA) is 161 Å². The molecule has 0 saturated carbocycles. The normalized spacial score (nSPS) is 13.2. The molecule has 2 rings (SSSR count). The van der Waals surface area contributed by atoms with Crippen molar-refractivity contribution in [2.24, 2.45) is 0 Å². The zero-order valence-electron chi connectivity index (χ0n) is 24.6. The van der Waals surface area contributed by atoms with E-state index in [9.17, 15) is 9.46 Å². The second kappa shape index (κ2) is 21.0. The average molecular weight is 585 g/mol. The molecule has 2 aromatic heterocycles. The molecule has 0 aliphatic heterocycles. The zero-order chi connectivity index (χ0) is 28.9. The number of hydrogen-bond acceptors (Lipinski definition) is 9. The fourth-order valence-corrected chi connectivity index (χ4v) is 5.41. The number of aromatic nitrogens is 4. The molecule has 11 nitrogen and oxygen atoms in total. The molecule has 0 aliphatic rings. The van der Waals surface area contributed by atoms with Crippen molar-refractivity contribution in [3.05, 3.63) is 6.33 Å². The van der Waals surface area contributed by atoms with Crippen molar-refractivity contribution < 1.29 is 23.5 Å². The summed E-state index contributed by atoms with van der Waals surface area (Å²) in [6.07, 6.45) is 22.5. The maximum atomic E-state index is 12.1. The highest BCUT2D eigenvalue weighted by Crippen LogP contribution is 2.41. The number of imidazole rings is 1. The molecular weight excluding hydrogens is 531 g/mol. The van der Waals surface area contributed by atoms with E-state index in [-0.39, 0.29) is 31.6 Å². The summed E-state index contributed by atoms with van der Waals surface area (Å²) >= 11 is 0. The Morgan fingerprint density at radius 3 is 1.95 bits per heavy atom. The predicted octanol–water partition coefficient (Wildman–Crippen LogP) is 6.44. The Bertz CT molecular complexity index is 976. The van der Waals surface area contributed by atoms with Crippen LogP contribution in [0.5, 0.6) is 0 Å². The van der Waals surface area contributed by atoms with Crippen molar-refractivity contribution in [3.8, 4) is 0 Å². The van der Waals surface area contributed by atoms with Gasteiger partial charge in [-0.1, -0.05) is 103 Å². The maximum absolute atomic E-state index is 12.1. The molecule has 230 valence electrons. The lowest BCUT2D eigenvalue weighted by molar-refractivity contribution is 0.0841. The fourth-order valence-electron chi connectivity index (χ4n) is 4.62. The molecule has 0 radical (unpaired) electrons. The molecule has 2 aromatic rings. The summed E-state index contributed by atoms with van der Waals surface area (Å²) in [6, 6.07) is 0. The van der Waals surface area contributed by atoms with Crippen molar-refractivity contribution in [1.29, 1.82) is 0 Å². The molecule has 1 unspecified atom stereocenters. The fraction of sp³-hybridized carbons (Fsp3) is 0.821. The van der Waals surface area contributed by atoms with Crippen LogP contribution in [-0.4, -0.2) is 57.2 Å². The van der Waals surface area contributed by atoms with Crippen LogP contribution < -0.4 is 11.5 Å². The smallest absolute Gasteiger partial charge is 0.353 e. The van der Waals surface area contributed by atoms with Gasteiger partial charge >= 0.3 is 7.60 Å². The van der Waals surface area contributed by atoms with Gasteiger partial charge < -0.3 is 34.9 Å². The first-order chi connectivity index (χ1) is 19.4. The van der Waals surface area contributed by atoms with Crippen LogP contribution in [0.2, 0.25) is 0 Å². The number of fused-ring (bicyclic) bond motifs is 1. The molecule has 5 N–H and O–H groups in total. The van der Waals surface area contributed by atoms with Gasteiger partial charge in [-0.2, -0.15) is 9.97 Å². The lowest BCUT2D eigenvalue weighted by atomic mass is 10.0. The van der Waals surface area contributed by atoms with E-state index in [2.05, 4.69) is 21.9 Å². The third-order valence-electron chi connectivity index (χ3n) is 6.90. The maximum Gasteiger partial charge on any atom is 0.353 e. The van der Waals surface area contributed by atoms with Gasteiger partial charge in [0, 0.05) is 13.2 Å². The van der Waals surface area contributed by atoms with Crippen LogP contribution in [-0.2, 0) is 25.1 Å². The molecule has 0 bridgehead atoms. The number of rotatable bonds is 26. The first kappa shape index (κ1) is 34.4. The standard InChI is InChI=1S/C28H53N6O5P/c1-2-3-4-5-6-7-8-9-10-11-12-13-14-15-16-17-19-37-21-22-39-40(35,36)24-38-20-18-34-23-31-25-26(29)32-28(30)33-27(25)34/h23H,2-22,24H2,1H3,(H,35,36)(H4,29,30,32,33). The van der Waals surface area contributed by atoms with Gasteiger partial charge in [0.25, 0.3) is 0 Å². The molecule has 12 heteroatoms. The van der Waals surface area contributed by atoms with E-state index in [1.54, 1.807) is 10.9 Å². The van der Waals surface area contributed by atoms with Crippen LogP contribution in [0.25, 0.3) is 11.2 Å². The number of nitrogens with zero attached hydrogens (tertiary/aromatic N) is 4. The summed E-state index contributed by atoms with van der Waals surface area (Å²) < 4.78 is 29.8. The lowest BCUT2D eigenvalue weighted by Crippen LogP contribution is -2.10. The highest BCUT2D eigenvalue weighted by Gasteiger charge is 2.19. The molecule has 40 heavy (non-hydrogen) atoms. The first-order valence-electron chi connectivity index (χ1n) is 15.3. The molecule has 0 fully saturated rings. The Labute approximate surface area is 240 Å². The van der Waals surface area contributed by atoms with Crippen LogP contribution in [0, 0.1) is 0 Å². The van der Waals surface area contributed by atoms with Crippen LogP contribution in [0.15, 0.2) is 6.33 Å². The number of hydrogen-bond donors (Lipinski definition) is 3. The quantitative estimate of drug-likeness (QED) is 0.0828. The minimum atomic E-state index is -3.85. The molecule has 1 atom stereocenters. The van der Waals surface area contributed by atoms with Crippen molar-refractivity contribution in [2.75, 3.05) is 44.2 Å². The number of unbranched alkanes of at least 4 members (excludes halogenated alkanes) is 15. The van der Waals surface area contributed by atoms with Gasteiger partial charge in [0.05, 0.1) is 26.1 Å². The van der Waals surface area contributed by atoms with Gasteiger partial charge in [0.2, 0.25) is 5.95 Å². The van der Waals surface area contributed by atoms with Gasteiger partial charge in [0.15, 0.2) is 11.5 Å². The summed E-state index contributed by atoms with van der Waals surface area (Å²) in [5.41, 5.74) is 12.4. The summed E-state index contributed by atoms with van der Waals surface area (Å²) in [4.78, 5) is 22.1. The van der Waals surface area contributed by atoms with Crippen molar-refractivity contribution in [3.63, 3.8) is 0 Å². The van der Waals surface area contributed by atoms with E-state index < -0.39 is 13.9 Å². The summed E-state index contributed by atoms with van der Waals surface area (Å²) in [5, 5.41) is 0. The Kier molecular flexibility index (Phi) is 18.1. The van der Waals surface area contributed by atoms with E-state index in [1.807, 2.05) is 0 Å². The van der Waals surface area contributed by atoms with Crippen LogP contribution in [0.3, 0.4) is 0 Å². The lowest BCUT2D eigenvalue weighted by Gasteiger charge is -2.13. The monoisotopic (exact) mass is 584 g/mol. The third kappa shape index (κ3) is 15.3. The summed E-state index contributed by atoms with van der Waals surface area (Å²) in [7, 11) is -3.85. The molecule has 0 saturated heterocycles. The largest absolute Gasteiger partial charge is 0.382 e. The highest BCUT2D eigenvalue weighted by atomic mass is 31.2. The Morgan fingerprint density at radius 2 is 1.35 bits per heavy atom. The number of ether oxygens (including phenoxy) is 2. The Morgan fingerprint density at radius 1 is 0.775 bits per heavy atom. The Hall–Kier alpha value is -1.78. The van der Waals surface area contributed by atoms with Gasteiger partial charge in [-0.3, -0.25) is 4.57 Å². The average Bonchev–Trinajstić information content (AvgIpc) is 3.33. The van der Waals surface area contributed by atoms with Gasteiger partial charge in [-0.15, -0.1) is 0 Å². The van der Waals surface area contributed by atoms with E-state index in [4.69, 9.17) is 25.5 Å². The van der Waals surface area contributed by atoms with Crippen LogP contribution >= 0.6 is 7.60 Å². The van der Waals surface area contributed by atoms with Gasteiger partial charge in [0.1, 0.15) is 11.9 Å². The minimum Gasteiger partial charge on any atom is -0.382 e. The number of nitrogen functional groups attached to an aromatic ring is 2. The van der Waals surface area contributed by atoms with Crippen molar-refractivity contribution in [1.82, 2.24) is 19.5 Å². The summed E-state index contributed by atoms with van der Waals surface area (Å²) in [5.74, 6) is 0.255. The molecule has 2 heterocycles. The van der Waals surface area contributed by atoms with E-state index >= 15 is 0 Å². The number of anilines is 2. The van der Waals surface area contributed by atoms with Gasteiger partial charge in [-0.05, 0) is 6.42 Å². The first-order valence-corrected chi connectivity index (χ1v) is 17.0. The number of nitrogens with two attached hydrogens (primary N) is 2. The van der Waals surface area contributed by atoms with E-state index in [0.717, 1.165) is 12.8 Å². The van der Waals surface area contributed by atoms with E-state index in [1.165, 1.54) is 89.9 Å². The second-order valence-electron chi connectivity index (χ2n) is 10.5. The summed E-state index contributed by atoms with van der Waals surface area (Å²) in [6.45, 7) is 3.78. The molecule has 0 aliphatic carbocycles. The molecular formula is C28H53N6O5P. The van der Waals surface area contributed by atoms with E-state index in [0.29, 0.717) is 24.3 Å². The van der Waals surface area contributed by atoms with Crippen molar-refractivity contribution >= 4 is 30.5 Å². The highest BCUT2D eigenvalue weighted by molar-refractivity contribution is 7.52. The van der Waals surface area contributed by atoms with Crippen LogP contribution in [0.1, 0.15) is 110 Å². The zero-order valence-corrected chi connectivity index (χ0v) is 25.5. The predicted molar refractivity (Wildman–Crippen MR) is 161 cm³/mol. The van der Waals surface area contributed by atoms with Crippen LogP contribution in [0.4, 0.5) is 11.8 Å². The molecule has 0 aromatic carbocycles. The molecule has 0 spiro atoms. The Balaban J connectivity index is 1.35. The molecule has 0 amide bonds. The minimum absolute atomic E-state index is 0.0532. The third-order valence-corrected chi connectivity index (χ3v) is 8.00. The van der Waals surface area contributed by atoms with Crippen molar-refractivity contribution in [2.45, 2.75) is 116 Å². The second-order valence-corrected chi connectivity index (χ2v) is 12.3.